The van der Waals surface area contributed by atoms with Crippen LogP contribution in [0.15, 0.2) is 71.1 Å². The Bertz CT molecular complexity index is 1170. The summed E-state index contributed by atoms with van der Waals surface area (Å²) < 4.78 is 14.7. The Kier molecular flexibility index (Phi) is 6.99. The summed E-state index contributed by atoms with van der Waals surface area (Å²) in [4.78, 5) is 31.7. The molecule has 8 heteroatoms. The topological polar surface area (TPSA) is 79.0 Å². The SMILES string of the molecule is C=CCn1c(SCC(=O)N(CCC#N)c2ccc(F)cc2)nc2ccccc2c1=O. The number of para-hydroxylation sites is 1. The van der Waals surface area contributed by atoms with E-state index in [4.69, 9.17) is 5.26 Å². The zero-order chi connectivity index (χ0) is 21.5. The van der Waals surface area contributed by atoms with Crippen LogP contribution in [0, 0.1) is 17.1 Å². The number of halogens is 1. The third-order valence-corrected chi connectivity index (χ3v) is 5.31. The molecule has 3 aromatic rings. The minimum atomic E-state index is -0.408. The third-order valence-electron chi connectivity index (χ3n) is 4.35. The van der Waals surface area contributed by atoms with Crippen molar-refractivity contribution in [1.82, 2.24) is 9.55 Å². The highest BCUT2D eigenvalue weighted by atomic mass is 32.2. The molecule has 0 aliphatic rings. The van der Waals surface area contributed by atoms with Gasteiger partial charge in [0.2, 0.25) is 5.91 Å². The number of rotatable bonds is 8. The van der Waals surface area contributed by atoms with E-state index in [0.29, 0.717) is 21.7 Å². The molecule has 0 saturated heterocycles. The Morgan fingerprint density at radius 3 is 2.70 bits per heavy atom. The summed E-state index contributed by atoms with van der Waals surface area (Å²) in [7, 11) is 0. The summed E-state index contributed by atoms with van der Waals surface area (Å²) in [6, 6.07) is 14.6. The van der Waals surface area contributed by atoms with Crippen LogP contribution in [0.1, 0.15) is 6.42 Å². The molecule has 3 rings (SSSR count). The highest BCUT2D eigenvalue weighted by Crippen LogP contribution is 2.21. The second-order valence-corrected chi connectivity index (χ2v) is 7.28. The van der Waals surface area contributed by atoms with Crippen LogP contribution in [0.3, 0.4) is 0 Å². The van der Waals surface area contributed by atoms with Gasteiger partial charge in [-0.25, -0.2) is 9.37 Å². The average molecular weight is 422 g/mol. The van der Waals surface area contributed by atoms with Gasteiger partial charge in [0, 0.05) is 18.8 Å². The Hall–Kier alpha value is -3.44. The number of thioether (sulfide) groups is 1. The Morgan fingerprint density at radius 1 is 1.27 bits per heavy atom. The van der Waals surface area contributed by atoms with E-state index in [0.717, 1.165) is 11.8 Å². The van der Waals surface area contributed by atoms with Crippen LogP contribution in [0.2, 0.25) is 0 Å². The van der Waals surface area contributed by atoms with E-state index < -0.39 is 5.82 Å². The lowest BCUT2D eigenvalue weighted by Gasteiger charge is -2.22. The molecule has 0 unspecified atom stereocenters. The number of amides is 1. The maximum absolute atomic E-state index is 13.2. The number of hydrogen-bond acceptors (Lipinski definition) is 5. The first-order valence-electron chi connectivity index (χ1n) is 9.21. The van der Waals surface area contributed by atoms with Crippen molar-refractivity contribution in [3.8, 4) is 6.07 Å². The fraction of sp³-hybridized carbons (Fsp3) is 0.182. The molecule has 0 N–H and O–H groups in total. The Balaban J connectivity index is 1.87. The van der Waals surface area contributed by atoms with Gasteiger partial charge in [0.1, 0.15) is 5.82 Å². The van der Waals surface area contributed by atoms with Crippen molar-refractivity contribution in [3.63, 3.8) is 0 Å². The Morgan fingerprint density at radius 2 is 2.00 bits per heavy atom. The molecule has 1 aromatic heterocycles. The minimum Gasteiger partial charge on any atom is -0.311 e. The number of fused-ring (bicyclic) bond motifs is 1. The van der Waals surface area contributed by atoms with Crippen LogP contribution in [0.4, 0.5) is 10.1 Å². The summed E-state index contributed by atoms with van der Waals surface area (Å²) in [6.45, 7) is 4.14. The smallest absolute Gasteiger partial charge is 0.262 e. The van der Waals surface area contributed by atoms with E-state index in [1.54, 1.807) is 30.3 Å². The quantitative estimate of drug-likeness (QED) is 0.314. The zero-order valence-electron chi connectivity index (χ0n) is 16.1. The Labute approximate surface area is 177 Å². The van der Waals surface area contributed by atoms with Gasteiger partial charge in [-0.05, 0) is 36.4 Å². The average Bonchev–Trinajstić information content (AvgIpc) is 2.76. The molecule has 152 valence electrons. The number of nitrogens with zero attached hydrogens (tertiary/aromatic N) is 4. The summed E-state index contributed by atoms with van der Waals surface area (Å²) in [5.74, 6) is -0.672. The van der Waals surface area contributed by atoms with Gasteiger partial charge in [-0.3, -0.25) is 14.2 Å². The molecule has 2 aromatic carbocycles. The lowest BCUT2D eigenvalue weighted by Crippen LogP contribution is -2.33. The van der Waals surface area contributed by atoms with Gasteiger partial charge in [0.15, 0.2) is 5.16 Å². The number of carbonyl (C=O) groups excluding carboxylic acids is 1. The number of carbonyl (C=O) groups is 1. The zero-order valence-corrected chi connectivity index (χ0v) is 16.9. The maximum Gasteiger partial charge on any atom is 0.262 e. The molecule has 0 saturated carbocycles. The normalized spacial score (nSPS) is 10.5. The van der Waals surface area contributed by atoms with E-state index >= 15 is 0 Å². The second-order valence-electron chi connectivity index (χ2n) is 6.33. The number of allylic oxidation sites excluding steroid dienone is 1. The van der Waals surface area contributed by atoms with Crippen molar-refractivity contribution in [2.24, 2.45) is 0 Å². The summed E-state index contributed by atoms with van der Waals surface area (Å²) >= 11 is 1.14. The molecule has 0 spiro atoms. The molecule has 1 amide bonds. The molecule has 30 heavy (non-hydrogen) atoms. The fourth-order valence-electron chi connectivity index (χ4n) is 2.93. The van der Waals surface area contributed by atoms with Crippen LogP contribution in [-0.2, 0) is 11.3 Å². The molecule has 0 aliphatic heterocycles. The van der Waals surface area contributed by atoms with Crippen molar-refractivity contribution >= 4 is 34.3 Å². The van der Waals surface area contributed by atoms with Crippen molar-refractivity contribution in [1.29, 1.82) is 5.26 Å². The van der Waals surface area contributed by atoms with E-state index in [2.05, 4.69) is 11.6 Å². The van der Waals surface area contributed by atoms with Crippen LogP contribution < -0.4 is 10.5 Å². The van der Waals surface area contributed by atoms with Gasteiger partial charge in [-0.1, -0.05) is 30.0 Å². The second kappa shape index (κ2) is 9.85. The van der Waals surface area contributed by atoms with E-state index in [9.17, 15) is 14.0 Å². The van der Waals surface area contributed by atoms with Crippen LogP contribution in [-0.4, -0.2) is 27.8 Å². The van der Waals surface area contributed by atoms with Gasteiger partial charge < -0.3 is 4.90 Å². The van der Waals surface area contributed by atoms with E-state index in [-0.39, 0.29) is 36.7 Å². The summed E-state index contributed by atoms with van der Waals surface area (Å²) in [5, 5.41) is 9.82. The predicted molar refractivity (Wildman–Crippen MR) is 116 cm³/mol. The highest BCUT2D eigenvalue weighted by Gasteiger charge is 2.18. The molecular weight excluding hydrogens is 403 g/mol. The van der Waals surface area contributed by atoms with Gasteiger partial charge in [-0.15, -0.1) is 6.58 Å². The highest BCUT2D eigenvalue weighted by molar-refractivity contribution is 7.99. The number of nitriles is 1. The standard InChI is InChI=1S/C22H19FN4O2S/c1-2-13-27-21(29)18-6-3-4-7-19(18)25-22(27)30-15-20(28)26(14-5-12-24)17-10-8-16(23)9-11-17/h2-4,6-11H,1,5,13-15H2. The van der Waals surface area contributed by atoms with Crippen LogP contribution in [0.5, 0.6) is 0 Å². The largest absolute Gasteiger partial charge is 0.311 e. The van der Waals surface area contributed by atoms with Crippen molar-refractivity contribution < 1.29 is 9.18 Å². The molecule has 6 nitrogen and oxygen atoms in total. The van der Waals surface area contributed by atoms with Gasteiger partial charge in [0.25, 0.3) is 5.56 Å². The summed E-state index contributed by atoms with van der Waals surface area (Å²) in [6.07, 6.45) is 1.74. The minimum absolute atomic E-state index is 0.00469. The first-order valence-corrected chi connectivity index (χ1v) is 10.2. The molecule has 0 atom stereocenters. The predicted octanol–water partition coefficient (Wildman–Crippen LogP) is 3.76. The third kappa shape index (κ3) is 4.75. The van der Waals surface area contributed by atoms with Crippen LogP contribution in [0.25, 0.3) is 10.9 Å². The molecule has 0 bridgehead atoms. The lowest BCUT2D eigenvalue weighted by atomic mass is 10.2. The summed E-state index contributed by atoms with van der Waals surface area (Å²) in [5.41, 5.74) is 0.861. The molecule has 0 aliphatic carbocycles. The van der Waals surface area contributed by atoms with E-state index in [1.807, 2.05) is 6.07 Å². The van der Waals surface area contributed by atoms with Gasteiger partial charge in [0.05, 0.1) is 29.1 Å². The first-order chi connectivity index (χ1) is 14.5. The molecule has 0 fully saturated rings. The van der Waals surface area contributed by atoms with Crippen molar-refractivity contribution in [2.45, 2.75) is 18.1 Å². The maximum atomic E-state index is 13.2. The molecule has 1 heterocycles. The van der Waals surface area contributed by atoms with Crippen molar-refractivity contribution in [2.75, 3.05) is 17.2 Å². The number of benzene rings is 2. The van der Waals surface area contributed by atoms with Gasteiger partial charge >= 0.3 is 0 Å². The van der Waals surface area contributed by atoms with Crippen LogP contribution >= 0.6 is 11.8 Å². The first kappa shape index (κ1) is 21.3. The molecular formula is C22H19FN4O2S. The number of aromatic nitrogens is 2. The monoisotopic (exact) mass is 422 g/mol. The number of hydrogen-bond donors (Lipinski definition) is 0. The van der Waals surface area contributed by atoms with Crippen molar-refractivity contribution in [3.05, 3.63) is 77.4 Å². The lowest BCUT2D eigenvalue weighted by molar-refractivity contribution is -0.116. The fourth-order valence-corrected chi connectivity index (χ4v) is 3.82. The molecule has 0 radical (unpaired) electrons. The number of anilines is 1. The van der Waals surface area contributed by atoms with Gasteiger partial charge in [-0.2, -0.15) is 5.26 Å². The van der Waals surface area contributed by atoms with E-state index in [1.165, 1.54) is 33.7 Å².